The molecule has 1 aliphatic rings. The van der Waals surface area contributed by atoms with E-state index in [2.05, 4.69) is 0 Å². The smallest absolute Gasteiger partial charge is 0.308 e. The van der Waals surface area contributed by atoms with Gasteiger partial charge in [-0.05, 0) is 66.2 Å². The van der Waals surface area contributed by atoms with E-state index >= 15 is 0 Å². The Morgan fingerprint density at radius 3 is 2.15 bits per heavy atom. The molecule has 0 bridgehead atoms. The van der Waals surface area contributed by atoms with Gasteiger partial charge in [-0.15, -0.1) is 11.8 Å². The summed E-state index contributed by atoms with van der Waals surface area (Å²) in [5.41, 5.74) is 1.92. The van der Waals surface area contributed by atoms with E-state index in [9.17, 15) is 18.8 Å². The van der Waals surface area contributed by atoms with Gasteiger partial charge in [0.15, 0.2) is 5.78 Å². The largest absolute Gasteiger partial charge is 0.497 e. The van der Waals surface area contributed by atoms with Crippen molar-refractivity contribution in [2.24, 2.45) is 0 Å². The number of ether oxygens (including phenoxy) is 2. The van der Waals surface area contributed by atoms with Crippen molar-refractivity contribution in [3.63, 3.8) is 0 Å². The third kappa shape index (κ3) is 4.97. The molecule has 8 heteroatoms. The minimum Gasteiger partial charge on any atom is -0.497 e. The van der Waals surface area contributed by atoms with Gasteiger partial charge < -0.3 is 14.4 Å². The zero-order valence-corrected chi connectivity index (χ0v) is 19.4. The fourth-order valence-electron chi connectivity index (χ4n) is 3.76. The molecule has 0 N–H and O–H groups in total. The van der Waals surface area contributed by atoms with Gasteiger partial charge in [-0.3, -0.25) is 14.4 Å². The molecule has 4 rings (SSSR count). The summed E-state index contributed by atoms with van der Waals surface area (Å²) in [5, 5.41) is -0.494. The van der Waals surface area contributed by atoms with Crippen molar-refractivity contribution in [3.05, 3.63) is 89.7 Å². The van der Waals surface area contributed by atoms with Crippen molar-refractivity contribution in [1.29, 1.82) is 0 Å². The number of esters is 1. The number of amides is 1. The first-order valence-electron chi connectivity index (χ1n) is 10.5. The zero-order valence-electron chi connectivity index (χ0n) is 18.6. The second kappa shape index (κ2) is 10.1. The molecule has 3 aromatic rings. The van der Waals surface area contributed by atoms with E-state index in [4.69, 9.17) is 9.47 Å². The van der Waals surface area contributed by atoms with Crippen molar-refractivity contribution < 1.29 is 28.2 Å². The molecular weight excluding hydrogens is 457 g/mol. The number of β-lactam (4-membered cyclic amide) rings is 1. The number of thioether (sulfide) groups is 1. The highest BCUT2D eigenvalue weighted by Crippen LogP contribution is 2.45. The number of ketones is 1. The number of Topliss-reactive ketones (excluding diaryl/α,β-unsaturated/α-hetero) is 1. The molecule has 1 fully saturated rings. The first kappa shape index (κ1) is 23.5. The van der Waals surface area contributed by atoms with E-state index < -0.39 is 17.0 Å². The Balaban J connectivity index is 1.54. The van der Waals surface area contributed by atoms with E-state index in [1.807, 2.05) is 0 Å². The van der Waals surface area contributed by atoms with Crippen LogP contribution in [0.25, 0.3) is 0 Å². The highest BCUT2D eigenvalue weighted by atomic mass is 32.2. The summed E-state index contributed by atoms with van der Waals surface area (Å²) in [6, 6.07) is 19.1. The van der Waals surface area contributed by atoms with Crippen LogP contribution in [-0.2, 0) is 9.59 Å². The van der Waals surface area contributed by atoms with E-state index in [1.165, 1.54) is 30.8 Å². The molecule has 0 spiro atoms. The number of anilines is 1. The second-order valence-electron chi connectivity index (χ2n) is 7.68. The van der Waals surface area contributed by atoms with Gasteiger partial charge in [-0.1, -0.05) is 12.1 Å². The van der Waals surface area contributed by atoms with Crippen LogP contribution in [0.2, 0.25) is 0 Å². The predicted molar refractivity (Wildman–Crippen MR) is 128 cm³/mol. The molecule has 1 amide bonds. The standard InChI is InChI=1S/C26H22FNO5S/c1-16(29)33-22-13-5-18(6-14-22)24-25(26(31)28(24)20-9-7-19(27)8-10-20)34-15-23(30)17-3-11-21(32-2)12-4-17/h3-14,24-25H,15H2,1-2H3/t24-,25-/m1/s1. The van der Waals surface area contributed by atoms with Gasteiger partial charge in [-0.25, -0.2) is 4.39 Å². The number of nitrogens with zero attached hydrogens (tertiary/aromatic N) is 1. The number of hydrogen-bond donors (Lipinski definition) is 0. The third-order valence-corrected chi connectivity index (χ3v) is 6.69. The molecule has 0 radical (unpaired) electrons. The SMILES string of the molecule is COc1ccc(C(=O)CS[C@H]2C(=O)N(c3ccc(F)cc3)[C@@H]2c2ccc(OC(C)=O)cc2)cc1. The van der Waals surface area contributed by atoms with E-state index in [-0.39, 0.29) is 23.5 Å². The Morgan fingerprint density at radius 1 is 0.941 bits per heavy atom. The topological polar surface area (TPSA) is 72.9 Å². The minimum atomic E-state index is -0.494. The van der Waals surface area contributed by atoms with Gasteiger partial charge in [0.25, 0.3) is 0 Å². The molecule has 2 atom stereocenters. The molecule has 34 heavy (non-hydrogen) atoms. The lowest BCUT2D eigenvalue weighted by molar-refractivity contribution is -0.131. The summed E-state index contributed by atoms with van der Waals surface area (Å²) < 4.78 is 23.7. The molecule has 6 nitrogen and oxygen atoms in total. The van der Waals surface area contributed by atoms with Crippen LogP contribution >= 0.6 is 11.8 Å². The van der Waals surface area contributed by atoms with Crippen LogP contribution in [0.3, 0.4) is 0 Å². The van der Waals surface area contributed by atoms with E-state index in [0.29, 0.717) is 22.7 Å². The number of carbonyl (C=O) groups is 3. The number of rotatable bonds is 8. The van der Waals surface area contributed by atoms with Crippen LogP contribution in [0.4, 0.5) is 10.1 Å². The van der Waals surface area contributed by atoms with Crippen molar-refractivity contribution in [1.82, 2.24) is 0 Å². The van der Waals surface area contributed by atoms with Crippen molar-refractivity contribution in [2.75, 3.05) is 17.8 Å². The number of halogens is 1. The van der Waals surface area contributed by atoms with Crippen molar-refractivity contribution in [2.45, 2.75) is 18.2 Å². The maximum absolute atomic E-state index is 13.4. The average Bonchev–Trinajstić information content (AvgIpc) is 2.84. The van der Waals surface area contributed by atoms with Gasteiger partial charge in [0.05, 0.1) is 18.9 Å². The molecule has 174 valence electrons. The highest BCUT2D eigenvalue weighted by Gasteiger charge is 2.49. The average molecular weight is 480 g/mol. The molecule has 0 aromatic heterocycles. The molecule has 3 aromatic carbocycles. The Kier molecular flexibility index (Phi) is 6.98. The normalized spacial score (nSPS) is 17.1. The molecule has 1 saturated heterocycles. The number of carbonyl (C=O) groups excluding carboxylic acids is 3. The summed E-state index contributed by atoms with van der Waals surface area (Å²) in [5.74, 6) is 0.111. The van der Waals surface area contributed by atoms with Gasteiger partial charge in [0.1, 0.15) is 22.6 Å². The van der Waals surface area contributed by atoms with Crippen LogP contribution < -0.4 is 14.4 Å². The third-order valence-electron chi connectivity index (χ3n) is 5.44. The molecule has 0 aliphatic carbocycles. The monoisotopic (exact) mass is 479 g/mol. The quantitative estimate of drug-likeness (QED) is 0.199. The summed E-state index contributed by atoms with van der Waals surface area (Å²) in [6.07, 6.45) is 0. The van der Waals surface area contributed by atoms with Crippen LogP contribution in [0.1, 0.15) is 28.9 Å². The maximum atomic E-state index is 13.4. The van der Waals surface area contributed by atoms with Gasteiger partial charge >= 0.3 is 5.97 Å². The number of benzene rings is 3. The van der Waals surface area contributed by atoms with Crippen LogP contribution in [-0.4, -0.2) is 35.8 Å². The summed E-state index contributed by atoms with van der Waals surface area (Å²) in [6.45, 7) is 1.32. The van der Waals surface area contributed by atoms with Crippen LogP contribution in [0, 0.1) is 5.82 Å². The number of hydrogen-bond acceptors (Lipinski definition) is 6. The van der Waals surface area contributed by atoms with Crippen molar-refractivity contribution >= 4 is 35.1 Å². The summed E-state index contributed by atoms with van der Waals surface area (Å²) in [4.78, 5) is 38.6. The first-order valence-corrected chi connectivity index (χ1v) is 11.6. The molecule has 1 aliphatic heterocycles. The fraction of sp³-hybridized carbons (Fsp3) is 0.192. The van der Waals surface area contributed by atoms with Crippen molar-refractivity contribution in [3.8, 4) is 11.5 Å². The summed E-state index contributed by atoms with van der Waals surface area (Å²) in [7, 11) is 1.56. The Hall–Kier alpha value is -3.65. The molecular formula is C26H22FNO5S. The first-order chi connectivity index (χ1) is 16.4. The number of methoxy groups -OCH3 is 1. The lowest BCUT2D eigenvalue weighted by Gasteiger charge is -2.47. The Labute approximate surface area is 200 Å². The second-order valence-corrected chi connectivity index (χ2v) is 8.81. The highest BCUT2D eigenvalue weighted by molar-refractivity contribution is 8.01. The molecule has 0 saturated carbocycles. The molecule has 1 heterocycles. The Morgan fingerprint density at radius 2 is 1.56 bits per heavy atom. The van der Waals surface area contributed by atoms with Gasteiger partial charge in [0, 0.05) is 18.2 Å². The molecule has 0 unspecified atom stereocenters. The summed E-state index contributed by atoms with van der Waals surface area (Å²) >= 11 is 1.27. The zero-order chi connectivity index (χ0) is 24.2. The Bertz CT molecular complexity index is 1200. The van der Waals surface area contributed by atoms with E-state index in [1.54, 1.807) is 72.7 Å². The van der Waals surface area contributed by atoms with Crippen LogP contribution in [0.5, 0.6) is 11.5 Å². The lowest BCUT2D eigenvalue weighted by Crippen LogP contribution is -2.57. The van der Waals surface area contributed by atoms with Crippen LogP contribution in [0.15, 0.2) is 72.8 Å². The fourth-order valence-corrected chi connectivity index (χ4v) is 4.98. The van der Waals surface area contributed by atoms with Gasteiger partial charge in [0.2, 0.25) is 5.91 Å². The minimum absolute atomic E-state index is 0.0929. The lowest BCUT2D eigenvalue weighted by atomic mass is 9.92. The van der Waals surface area contributed by atoms with Gasteiger partial charge in [-0.2, -0.15) is 0 Å². The van der Waals surface area contributed by atoms with E-state index in [0.717, 1.165) is 5.56 Å². The maximum Gasteiger partial charge on any atom is 0.308 e. The predicted octanol–water partition coefficient (Wildman–Crippen LogP) is 4.83.